The molecule has 0 saturated carbocycles. The van der Waals surface area contributed by atoms with Crippen LogP contribution in [0.1, 0.15) is 13.8 Å². The Bertz CT molecular complexity index is 632. The Morgan fingerprint density at radius 1 is 1.28 bits per heavy atom. The highest BCUT2D eigenvalue weighted by atomic mass is 35.5. The van der Waals surface area contributed by atoms with Gasteiger partial charge in [-0.3, -0.25) is 0 Å². The summed E-state index contributed by atoms with van der Waals surface area (Å²) < 4.78 is 16.8. The minimum absolute atomic E-state index is 0.508. The first-order valence-corrected chi connectivity index (χ1v) is 6.06. The van der Waals surface area contributed by atoms with Gasteiger partial charge in [0.2, 0.25) is 0 Å². The summed E-state index contributed by atoms with van der Waals surface area (Å²) >= 11 is 6.32. The minimum Gasteiger partial charge on any atom is -0.534 e. The van der Waals surface area contributed by atoms with Gasteiger partial charge in [-0.15, -0.1) is 0 Å². The number of hydrogen-bond acceptors (Lipinski definition) is 3. The van der Waals surface area contributed by atoms with Crippen LogP contribution in [0.5, 0.6) is 0 Å². The zero-order valence-electron chi connectivity index (χ0n) is 10.2. The van der Waals surface area contributed by atoms with Crippen LogP contribution < -0.4 is 5.46 Å². The SMILES string of the molecule is C=C1OB(c2ccc3ccoc3c2Cl)OC1(C)C. The lowest BCUT2D eigenvalue weighted by molar-refractivity contribution is 0.173. The van der Waals surface area contributed by atoms with Crippen LogP contribution in [0.3, 0.4) is 0 Å². The maximum absolute atomic E-state index is 6.32. The lowest BCUT2D eigenvalue weighted by Gasteiger charge is -2.15. The second kappa shape index (κ2) is 3.80. The Morgan fingerprint density at radius 3 is 2.72 bits per heavy atom. The molecule has 1 aliphatic rings. The molecule has 3 rings (SSSR count). The lowest BCUT2D eigenvalue weighted by atomic mass is 9.79. The van der Waals surface area contributed by atoms with Gasteiger partial charge in [-0.25, -0.2) is 0 Å². The van der Waals surface area contributed by atoms with Crippen molar-refractivity contribution >= 4 is 35.2 Å². The average molecular weight is 263 g/mol. The topological polar surface area (TPSA) is 31.6 Å². The van der Waals surface area contributed by atoms with E-state index in [4.69, 9.17) is 25.3 Å². The molecule has 0 unspecified atom stereocenters. The van der Waals surface area contributed by atoms with Gasteiger partial charge < -0.3 is 13.7 Å². The third-order valence-electron chi connectivity index (χ3n) is 3.17. The molecule has 0 bridgehead atoms. The van der Waals surface area contributed by atoms with Crippen LogP contribution in [0.25, 0.3) is 11.0 Å². The van der Waals surface area contributed by atoms with Crippen molar-refractivity contribution in [1.82, 2.24) is 0 Å². The van der Waals surface area contributed by atoms with E-state index in [0.717, 1.165) is 10.8 Å². The molecule has 0 radical (unpaired) electrons. The number of benzene rings is 1. The second-order valence-electron chi connectivity index (χ2n) is 4.81. The van der Waals surface area contributed by atoms with E-state index in [1.165, 1.54) is 0 Å². The average Bonchev–Trinajstić information content (AvgIpc) is 2.85. The van der Waals surface area contributed by atoms with E-state index in [2.05, 4.69) is 6.58 Å². The molecule has 5 heteroatoms. The van der Waals surface area contributed by atoms with Crippen molar-refractivity contribution in [2.24, 2.45) is 0 Å². The van der Waals surface area contributed by atoms with Gasteiger partial charge in [0, 0.05) is 10.8 Å². The van der Waals surface area contributed by atoms with Crippen LogP contribution in [-0.2, 0) is 9.31 Å². The van der Waals surface area contributed by atoms with Gasteiger partial charge >= 0.3 is 7.12 Å². The summed E-state index contributed by atoms with van der Waals surface area (Å²) in [4.78, 5) is 0. The van der Waals surface area contributed by atoms with E-state index in [0.29, 0.717) is 16.4 Å². The van der Waals surface area contributed by atoms with Crippen LogP contribution in [0.15, 0.2) is 41.2 Å². The molecule has 1 aliphatic heterocycles. The summed E-state index contributed by atoms with van der Waals surface area (Å²) in [5, 5.41) is 1.48. The molecule has 2 aromatic rings. The van der Waals surface area contributed by atoms with E-state index >= 15 is 0 Å². The molecule has 0 atom stereocenters. The number of hydrogen-bond donors (Lipinski definition) is 0. The molecule has 1 aromatic carbocycles. The summed E-state index contributed by atoms with van der Waals surface area (Å²) in [7, 11) is -0.533. The molecule has 0 aliphatic carbocycles. The lowest BCUT2D eigenvalue weighted by Crippen LogP contribution is -2.35. The molecule has 0 N–H and O–H groups in total. The van der Waals surface area contributed by atoms with Crippen LogP contribution in [-0.4, -0.2) is 12.7 Å². The number of rotatable bonds is 1. The van der Waals surface area contributed by atoms with Crippen LogP contribution in [0, 0.1) is 0 Å². The molecule has 0 amide bonds. The first-order valence-electron chi connectivity index (χ1n) is 5.68. The summed E-state index contributed by atoms with van der Waals surface area (Å²) in [6, 6.07) is 5.69. The summed E-state index contributed by atoms with van der Waals surface area (Å²) in [6.07, 6.45) is 1.61. The predicted molar refractivity (Wildman–Crippen MR) is 72.0 cm³/mol. The van der Waals surface area contributed by atoms with Gasteiger partial charge in [0.25, 0.3) is 0 Å². The molecule has 1 aromatic heterocycles. The van der Waals surface area contributed by atoms with Crippen molar-refractivity contribution < 1.29 is 13.7 Å². The minimum atomic E-state index is -0.533. The zero-order chi connectivity index (χ0) is 12.9. The van der Waals surface area contributed by atoms with Crippen LogP contribution >= 0.6 is 11.6 Å². The van der Waals surface area contributed by atoms with Gasteiger partial charge in [-0.2, -0.15) is 0 Å². The van der Waals surface area contributed by atoms with Crippen LogP contribution in [0.2, 0.25) is 5.02 Å². The Kier molecular flexibility index (Phi) is 2.47. The molecule has 18 heavy (non-hydrogen) atoms. The molecule has 1 saturated heterocycles. The van der Waals surface area contributed by atoms with Crippen LogP contribution in [0.4, 0.5) is 0 Å². The Morgan fingerprint density at radius 2 is 2.06 bits per heavy atom. The predicted octanol–water partition coefficient (Wildman–Crippen LogP) is 3.12. The Balaban J connectivity index is 2.05. The van der Waals surface area contributed by atoms with Crippen molar-refractivity contribution in [1.29, 1.82) is 0 Å². The first-order chi connectivity index (χ1) is 8.49. The highest BCUT2D eigenvalue weighted by Crippen LogP contribution is 2.31. The van der Waals surface area contributed by atoms with E-state index in [9.17, 15) is 0 Å². The number of furan rings is 1. The molecule has 0 spiro atoms. The normalized spacial score (nSPS) is 18.4. The zero-order valence-corrected chi connectivity index (χ0v) is 11.0. The fourth-order valence-corrected chi connectivity index (χ4v) is 2.26. The van der Waals surface area contributed by atoms with Gasteiger partial charge in [-0.1, -0.05) is 30.3 Å². The highest BCUT2D eigenvalue weighted by Gasteiger charge is 2.44. The van der Waals surface area contributed by atoms with Gasteiger partial charge in [0.1, 0.15) is 5.60 Å². The monoisotopic (exact) mass is 262 g/mol. The third-order valence-corrected chi connectivity index (χ3v) is 3.56. The summed E-state index contributed by atoms with van der Waals surface area (Å²) in [5.74, 6) is 0.600. The van der Waals surface area contributed by atoms with Crippen molar-refractivity contribution in [2.45, 2.75) is 19.4 Å². The first kappa shape index (κ1) is 11.7. The number of fused-ring (bicyclic) bond motifs is 1. The smallest absolute Gasteiger partial charge is 0.534 e. The van der Waals surface area contributed by atoms with E-state index in [-0.39, 0.29) is 0 Å². The van der Waals surface area contributed by atoms with E-state index in [1.807, 2.05) is 32.0 Å². The number of halogens is 1. The fourth-order valence-electron chi connectivity index (χ4n) is 1.95. The van der Waals surface area contributed by atoms with E-state index in [1.54, 1.807) is 6.26 Å². The van der Waals surface area contributed by atoms with Crippen molar-refractivity contribution in [3.05, 3.63) is 41.8 Å². The molecular weight excluding hydrogens is 250 g/mol. The highest BCUT2D eigenvalue weighted by molar-refractivity contribution is 6.66. The maximum atomic E-state index is 6.32. The van der Waals surface area contributed by atoms with Gasteiger partial charge in [0.05, 0.1) is 17.0 Å². The molecule has 2 heterocycles. The maximum Gasteiger partial charge on any atom is 0.565 e. The Hall–Kier alpha value is -1.39. The largest absolute Gasteiger partial charge is 0.565 e. The molecule has 92 valence electrons. The van der Waals surface area contributed by atoms with Crippen molar-refractivity contribution in [3.8, 4) is 0 Å². The van der Waals surface area contributed by atoms with E-state index < -0.39 is 12.7 Å². The summed E-state index contributed by atoms with van der Waals surface area (Å²) in [5.41, 5.74) is 0.897. The summed E-state index contributed by atoms with van der Waals surface area (Å²) in [6.45, 7) is 7.67. The quantitative estimate of drug-likeness (QED) is 0.740. The standard InChI is InChI=1S/C13H12BClO3/c1-8-13(2,3)18-14(17-8)10-5-4-9-6-7-16-12(9)11(10)15/h4-7H,1H2,2-3H3. The fraction of sp³-hybridized carbons (Fsp3) is 0.231. The molecule has 3 nitrogen and oxygen atoms in total. The second-order valence-corrected chi connectivity index (χ2v) is 5.19. The third kappa shape index (κ3) is 1.64. The van der Waals surface area contributed by atoms with Crippen molar-refractivity contribution in [2.75, 3.05) is 0 Å². The van der Waals surface area contributed by atoms with Gasteiger partial charge in [-0.05, 0) is 19.9 Å². The molecular formula is C13H12BClO3. The van der Waals surface area contributed by atoms with Gasteiger partial charge in [0.15, 0.2) is 5.58 Å². The van der Waals surface area contributed by atoms with Crippen molar-refractivity contribution in [3.63, 3.8) is 0 Å². The molecule has 1 fully saturated rings. The Labute approximate surface area is 110 Å².